The Morgan fingerprint density at radius 2 is 1.30 bits per heavy atom. The van der Waals surface area contributed by atoms with Crippen molar-refractivity contribution in [1.29, 1.82) is 0 Å². The summed E-state index contributed by atoms with van der Waals surface area (Å²) in [6.45, 7) is 2.19. The molecule has 1 heterocycles. The molecule has 0 aliphatic carbocycles. The summed E-state index contributed by atoms with van der Waals surface area (Å²) >= 11 is 0. The molecule has 0 atom stereocenters. The van der Waals surface area contributed by atoms with Gasteiger partial charge in [0.15, 0.2) is 0 Å². The van der Waals surface area contributed by atoms with Crippen LogP contribution >= 0.6 is 0 Å². The fraction of sp³-hybridized carbons (Fsp3) is 0.0645. The Morgan fingerprint density at radius 1 is 0.636 bits per heavy atom. The number of fused-ring (bicyclic) bond motifs is 3. The standard InChI is InChI=1S/C31H25N2/c1-22-12-13-25(20-29(22)31-32(2)18-19-33(31)27-9-4-3-5-10-27)26-17-16-24-15-14-23-8-6-7-11-28(23)30(24)21-26/h3-21H,1-2H3/q+1. The van der Waals surface area contributed by atoms with Crippen LogP contribution in [0.5, 0.6) is 0 Å². The van der Waals surface area contributed by atoms with Crippen molar-refractivity contribution in [3.63, 3.8) is 0 Å². The van der Waals surface area contributed by atoms with Crippen molar-refractivity contribution < 1.29 is 4.57 Å². The molecule has 0 fully saturated rings. The van der Waals surface area contributed by atoms with Crippen molar-refractivity contribution in [2.45, 2.75) is 6.92 Å². The quantitative estimate of drug-likeness (QED) is 0.209. The number of imidazole rings is 1. The van der Waals surface area contributed by atoms with Gasteiger partial charge in [-0.3, -0.25) is 0 Å². The van der Waals surface area contributed by atoms with E-state index in [9.17, 15) is 0 Å². The van der Waals surface area contributed by atoms with Crippen LogP contribution in [0.15, 0.2) is 116 Å². The maximum atomic E-state index is 2.34. The molecule has 1 aromatic heterocycles. The fourth-order valence-corrected chi connectivity index (χ4v) is 4.82. The van der Waals surface area contributed by atoms with Crippen LogP contribution in [0.2, 0.25) is 0 Å². The number of hydrogen-bond acceptors (Lipinski definition) is 0. The summed E-state index contributed by atoms with van der Waals surface area (Å²) in [5.74, 6) is 1.17. The van der Waals surface area contributed by atoms with Gasteiger partial charge in [0.1, 0.15) is 18.1 Å². The van der Waals surface area contributed by atoms with Gasteiger partial charge in [0.2, 0.25) is 0 Å². The Hall–Kier alpha value is -4.17. The molecular weight excluding hydrogens is 400 g/mol. The van der Waals surface area contributed by atoms with E-state index in [1.807, 2.05) is 0 Å². The van der Waals surface area contributed by atoms with Gasteiger partial charge >= 0.3 is 0 Å². The highest BCUT2D eigenvalue weighted by molar-refractivity contribution is 6.08. The number of aromatic nitrogens is 2. The van der Waals surface area contributed by atoms with E-state index < -0.39 is 0 Å². The predicted molar refractivity (Wildman–Crippen MR) is 138 cm³/mol. The summed E-state index contributed by atoms with van der Waals surface area (Å²) in [4.78, 5) is 0. The molecule has 2 nitrogen and oxygen atoms in total. The highest BCUT2D eigenvalue weighted by Gasteiger charge is 2.21. The summed E-state index contributed by atoms with van der Waals surface area (Å²) in [6, 6.07) is 37.2. The van der Waals surface area contributed by atoms with Crippen molar-refractivity contribution >= 4 is 21.5 Å². The van der Waals surface area contributed by atoms with Crippen LogP contribution in [-0.2, 0) is 7.05 Å². The van der Waals surface area contributed by atoms with Crippen LogP contribution in [0, 0.1) is 6.92 Å². The van der Waals surface area contributed by atoms with Gasteiger partial charge in [-0.2, -0.15) is 4.57 Å². The van der Waals surface area contributed by atoms with Crippen LogP contribution in [0.3, 0.4) is 0 Å². The minimum Gasteiger partial charge on any atom is -0.232 e. The number of rotatable bonds is 3. The number of aryl methyl sites for hydroxylation is 2. The number of para-hydroxylation sites is 1. The molecule has 0 amide bonds. The van der Waals surface area contributed by atoms with Crippen molar-refractivity contribution in [1.82, 2.24) is 4.57 Å². The Kier molecular flexibility index (Phi) is 4.58. The van der Waals surface area contributed by atoms with E-state index in [0.29, 0.717) is 0 Å². The third-order valence-corrected chi connectivity index (χ3v) is 6.59. The maximum Gasteiger partial charge on any atom is 0.294 e. The van der Waals surface area contributed by atoms with Crippen LogP contribution in [0.25, 0.3) is 49.7 Å². The Balaban J connectivity index is 1.53. The van der Waals surface area contributed by atoms with Crippen molar-refractivity contribution in [3.8, 4) is 28.2 Å². The molecule has 158 valence electrons. The number of benzene rings is 5. The van der Waals surface area contributed by atoms with Crippen LogP contribution in [0.1, 0.15) is 5.56 Å². The number of nitrogens with zero attached hydrogens (tertiary/aromatic N) is 2. The topological polar surface area (TPSA) is 8.81 Å². The first-order chi connectivity index (χ1) is 16.2. The lowest BCUT2D eigenvalue weighted by atomic mass is 9.95. The summed E-state index contributed by atoms with van der Waals surface area (Å²) in [6.07, 6.45) is 4.26. The first-order valence-electron chi connectivity index (χ1n) is 11.3. The normalized spacial score (nSPS) is 11.3. The largest absolute Gasteiger partial charge is 0.294 e. The van der Waals surface area contributed by atoms with Gasteiger partial charge in [0, 0.05) is 0 Å². The zero-order valence-corrected chi connectivity index (χ0v) is 18.9. The average Bonchev–Trinajstić information content (AvgIpc) is 3.25. The molecule has 0 radical (unpaired) electrons. The molecule has 0 spiro atoms. The van der Waals surface area contributed by atoms with E-state index in [1.54, 1.807) is 0 Å². The lowest BCUT2D eigenvalue weighted by Crippen LogP contribution is -2.29. The summed E-state index contributed by atoms with van der Waals surface area (Å²) < 4.78 is 4.47. The molecule has 2 heteroatoms. The van der Waals surface area contributed by atoms with E-state index in [2.05, 4.69) is 139 Å². The second-order valence-electron chi connectivity index (χ2n) is 8.69. The first-order valence-corrected chi connectivity index (χ1v) is 11.3. The summed E-state index contributed by atoms with van der Waals surface area (Å²) in [5, 5.41) is 5.15. The van der Waals surface area contributed by atoms with E-state index in [0.717, 1.165) is 5.69 Å². The van der Waals surface area contributed by atoms with Crippen molar-refractivity contribution in [2.24, 2.45) is 7.05 Å². The van der Waals surface area contributed by atoms with Crippen molar-refractivity contribution in [2.75, 3.05) is 0 Å². The second kappa shape index (κ2) is 7.75. The molecule has 6 aromatic rings. The molecule has 0 saturated carbocycles. The molecule has 0 N–H and O–H groups in total. The molecule has 5 aromatic carbocycles. The molecule has 33 heavy (non-hydrogen) atoms. The summed E-state index contributed by atoms with van der Waals surface area (Å²) in [5.41, 5.74) is 6.13. The first kappa shape index (κ1) is 19.5. The van der Waals surface area contributed by atoms with Gasteiger partial charge in [-0.15, -0.1) is 0 Å². The Morgan fingerprint density at radius 3 is 2.15 bits per heavy atom. The molecule has 0 bridgehead atoms. The van der Waals surface area contributed by atoms with Gasteiger partial charge in [-0.1, -0.05) is 78.9 Å². The molecular formula is C31H25N2+. The van der Waals surface area contributed by atoms with Gasteiger partial charge in [-0.25, -0.2) is 4.57 Å². The molecule has 0 aliphatic rings. The second-order valence-corrected chi connectivity index (χ2v) is 8.69. The maximum absolute atomic E-state index is 2.34. The van der Waals surface area contributed by atoms with Gasteiger partial charge in [-0.05, 0) is 69.4 Å². The minimum atomic E-state index is 1.16. The molecule has 0 aliphatic heterocycles. The monoisotopic (exact) mass is 425 g/mol. The van der Waals surface area contributed by atoms with E-state index in [-0.39, 0.29) is 0 Å². The molecule has 6 rings (SSSR count). The van der Waals surface area contributed by atoms with Crippen LogP contribution in [-0.4, -0.2) is 4.57 Å². The molecule has 0 unspecified atom stereocenters. The summed E-state index contributed by atoms with van der Waals surface area (Å²) in [7, 11) is 2.11. The lowest BCUT2D eigenvalue weighted by Gasteiger charge is -2.11. The van der Waals surface area contributed by atoms with E-state index >= 15 is 0 Å². The van der Waals surface area contributed by atoms with E-state index in [1.165, 1.54) is 49.6 Å². The zero-order chi connectivity index (χ0) is 22.4. The zero-order valence-electron chi connectivity index (χ0n) is 18.9. The SMILES string of the molecule is Cc1ccc(-c2ccc3ccc4ccccc4c3c2)cc1-c1n(-c2ccccc2)cc[n+]1C. The Bertz CT molecular complexity index is 1620. The van der Waals surface area contributed by atoms with Gasteiger partial charge in [0.05, 0.1) is 12.6 Å². The minimum absolute atomic E-state index is 1.16. The van der Waals surface area contributed by atoms with Crippen LogP contribution in [0.4, 0.5) is 0 Å². The smallest absolute Gasteiger partial charge is 0.232 e. The van der Waals surface area contributed by atoms with Crippen molar-refractivity contribution in [3.05, 3.63) is 121 Å². The highest BCUT2D eigenvalue weighted by Crippen LogP contribution is 2.33. The van der Waals surface area contributed by atoms with Gasteiger partial charge in [0.25, 0.3) is 5.82 Å². The predicted octanol–water partition coefficient (Wildman–Crippen LogP) is 7.25. The molecule has 0 saturated heterocycles. The Labute approximate surface area is 194 Å². The average molecular weight is 426 g/mol. The van der Waals surface area contributed by atoms with Crippen LogP contribution < -0.4 is 4.57 Å². The highest BCUT2D eigenvalue weighted by atomic mass is 15.1. The van der Waals surface area contributed by atoms with Gasteiger partial charge < -0.3 is 0 Å². The third-order valence-electron chi connectivity index (χ3n) is 6.59. The van der Waals surface area contributed by atoms with E-state index in [4.69, 9.17) is 0 Å². The number of hydrogen-bond donors (Lipinski definition) is 0. The third kappa shape index (κ3) is 3.32. The lowest BCUT2D eigenvalue weighted by molar-refractivity contribution is -0.659. The fourth-order valence-electron chi connectivity index (χ4n) is 4.82.